The van der Waals surface area contributed by atoms with Crippen molar-refractivity contribution in [3.8, 4) is 0 Å². The molecule has 4 fully saturated rings. The third-order valence-electron chi connectivity index (χ3n) is 13.4. The molecule has 7 nitrogen and oxygen atoms in total. The summed E-state index contributed by atoms with van der Waals surface area (Å²) < 4.78 is 5.36. The van der Waals surface area contributed by atoms with Gasteiger partial charge in [-0.15, -0.1) is 0 Å². The highest BCUT2D eigenvalue weighted by atomic mass is 16.5. The molecule has 216 valence electrons. The molecule has 0 saturated heterocycles. The summed E-state index contributed by atoms with van der Waals surface area (Å²) in [6.07, 6.45) is 4.83. The van der Waals surface area contributed by atoms with Crippen LogP contribution in [0.5, 0.6) is 0 Å². The predicted molar refractivity (Wildman–Crippen MR) is 143 cm³/mol. The number of aliphatic hydroxyl groups excluding tert-OH is 5. The Kier molecular flexibility index (Phi) is 6.57. The maximum absolute atomic E-state index is 13.4. The first-order chi connectivity index (χ1) is 17.6. The summed E-state index contributed by atoms with van der Waals surface area (Å²) in [5, 5.41) is 54.9. The largest absolute Gasteiger partial charge is 0.468 e. The van der Waals surface area contributed by atoms with Crippen molar-refractivity contribution in [2.45, 2.75) is 104 Å². The lowest BCUT2D eigenvalue weighted by Gasteiger charge is -2.72. The third kappa shape index (κ3) is 3.29. The van der Waals surface area contributed by atoms with Gasteiger partial charge in [-0.3, -0.25) is 4.79 Å². The van der Waals surface area contributed by atoms with E-state index in [2.05, 4.69) is 40.7 Å². The molecule has 4 saturated carbocycles. The number of allylic oxidation sites excluding steroid dienone is 2. The fraction of sp³-hybridized carbons (Fsp3) is 0.903. The van der Waals surface area contributed by atoms with Crippen LogP contribution < -0.4 is 0 Å². The molecule has 0 bridgehead atoms. The number of methoxy groups -OCH3 is 1. The summed E-state index contributed by atoms with van der Waals surface area (Å²) in [6.45, 7) is 10.5. The van der Waals surface area contributed by atoms with Gasteiger partial charge in [0, 0.05) is 5.41 Å². The minimum atomic E-state index is -1.17. The molecular formula is C31H50O7. The van der Waals surface area contributed by atoms with Crippen molar-refractivity contribution < 1.29 is 35.1 Å². The van der Waals surface area contributed by atoms with E-state index in [-0.39, 0.29) is 53.2 Å². The van der Waals surface area contributed by atoms with Gasteiger partial charge in [0.2, 0.25) is 0 Å². The molecule has 0 aromatic carbocycles. The lowest BCUT2D eigenvalue weighted by molar-refractivity contribution is -0.260. The molecule has 0 aromatic heterocycles. The van der Waals surface area contributed by atoms with Gasteiger partial charge in [0.1, 0.15) is 5.41 Å². The second kappa shape index (κ2) is 8.75. The third-order valence-corrected chi connectivity index (χ3v) is 13.4. The Morgan fingerprint density at radius 3 is 2.21 bits per heavy atom. The Hall–Kier alpha value is -0.990. The molecular weight excluding hydrogens is 484 g/mol. The number of hydrogen-bond donors (Lipinski definition) is 5. The second-order valence-electron chi connectivity index (χ2n) is 15.2. The molecule has 7 heteroatoms. The number of hydrogen-bond acceptors (Lipinski definition) is 7. The molecule has 0 aromatic rings. The van der Waals surface area contributed by atoms with E-state index >= 15 is 0 Å². The van der Waals surface area contributed by atoms with Gasteiger partial charge in [0.15, 0.2) is 0 Å². The van der Waals surface area contributed by atoms with Crippen LogP contribution in [-0.2, 0) is 9.53 Å². The lowest BCUT2D eigenvalue weighted by atomic mass is 9.33. The zero-order valence-corrected chi connectivity index (χ0v) is 24.2. The number of carbonyl (C=O) groups is 1. The molecule has 5 rings (SSSR count). The van der Waals surface area contributed by atoms with Gasteiger partial charge in [0.05, 0.1) is 38.6 Å². The zero-order valence-electron chi connectivity index (χ0n) is 24.2. The predicted octanol–water partition coefficient (Wildman–Crippen LogP) is 3.21. The van der Waals surface area contributed by atoms with E-state index in [1.54, 1.807) is 0 Å². The van der Waals surface area contributed by atoms with Crippen LogP contribution >= 0.6 is 0 Å². The monoisotopic (exact) mass is 534 g/mol. The Morgan fingerprint density at radius 2 is 1.61 bits per heavy atom. The molecule has 5 aliphatic carbocycles. The van der Waals surface area contributed by atoms with Crippen LogP contribution in [0.4, 0.5) is 0 Å². The fourth-order valence-corrected chi connectivity index (χ4v) is 11.1. The Labute approximate surface area is 227 Å². The van der Waals surface area contributed by atoms with E-state index in [9.17, 15) is 30.3 Å². The number of ether oxygens (including phenoxy) is 1. The van der Waals surface area contributed by atoms with Gasteiger partial charge >= 0.3 is 5.97 Å². The maximum atomic E-state index is 13.4. The van der Waals surface area contributed by atoms with Gasteiger partial charge in [-0.05, 0) is 90.8 Å². The van der Waals surface area contributed by atoms with Crippen LogP contribution in [-0.4, -0.2) is 70.1 Å². The van der Waals surface area contributed by atoms with Gasteiger partial charge in [-0.1, -0.05) is 46.3 Å². The highest BCUT2D eigenvalue weighted by molar-refractivity contribution is 5.79. The molecule has 0 radical (unpaired) electrons. The van der Waals surface area contributed by atoms with Crippen LogP contribution in [0.3, 0.4) is 0 Å². The van der Waals surface area contributed by atoms with E-state index in [1.165, 1.54) is 12.7 Å². The van der Waals surface area contributed by atoms with Crippen LogP contribution in [0.15, 0.2) is 11.6 Å². The van der Waals surface area contributed by atoms with E-state index in [1.807, 2.05) is 0 Å². The van der Waals surface area contributed by atoms with Crippen LogP contribution in [0.25, 0.3) is 0 Å². The van der Waals surface area contributed by atoms with E-state index in [4.69, 9.17) is 4.74 Å². The number of rotatable bonds is 3. The highest BCUT2D eigenvalue weighted by Crippen LogP contribution is 2.75. The lowest BCUT2D eigenvalue weighted by Crippen LogP contribution is -2.70. The van der Waals surface area contributed by atoms with Crippen molar-refractivity contribution in [2.24, 2.45) is 50.2 Å². The molecule has 0 amide bonds. The minimum absolute atomic E-state index is 0.0495. The Bertz CT molecular complexity index is 1000. The van der Waals surface area contributed by atoms with Crippen molar-refractivity contribution in [2.75, 3.05) is 20.3 Å². The van der Waals surface area contributed by atoms with Crippen LogP contribution in [0, 0.1) is 50.2 Å². The van der Waals surface area contributed by atoms with E-state index in [0.29, 0.717) is 25.7 Å². The molecule has 0 spiro atoms. The molecule has 10 atom stereocenters. The first-order valence-corrected chi connectivity index (χ1v) is 14.7. The molecule has 5 aliphatic rings. The molecule has 38 heavy (non-hydrogen) atoms. The smallest absolute Gasteiger partial charge is 0.315 e. The first-order valence-electron chi connectivity index (χ1n) is 14.7. The highest BCUT2D eigenvalue weighted by Gasteiger charge is 2.72. The average molecular weight is 535 g/mol. The van der Waals surface area contributed by atoms with Crippen molar-refractivity contribution in [1.29, 1.82) is 0 Å². The summed E-state index contributed by atoms with van der Waals surface area (Å²) in [5.41, 5.74) is -1.75. The summed E-state index contributed by atoms with van der Waals surface area (Å²) in [6, 6.07) is 0. The normalized spacial score (nSPS) is 51.0. The first kappa shape index (κ1) is 28.5. The molecule has 5 N–H and O–H groups in total. The fourth-order valence-electron chi connectivity index (χ4n) is 11.1. The minimum Gasteiger partial charge on any atom is -0.468 e. The second-order valence-corrected chi connectivity index (χ2v) is 15.2. The van der Waals surface area contributed by atoms with Crippen LogP contribution in [0.2, 0.25) is 0 Å². The number of carbonyl (C=O) groups excluding carboxylic acids is 1. The van der Waals surface area contributed by atoms with Crippen molar-refractivity contribution in [1.82, 2.24) is 0 Å². The Morgan fingerprint density at radius 1 is 0.947 bits per heavy atom. The van der Waals surface area contributed by atoms with E-state index in [0.717, 1.165) is 25.7 Å². The molecule has 10 unspecified atom stereocenters. The number of esters is 1. The SMILES string of the molecule is COC(=O)C12CCC(C)(C)CC1C1=CCC3C4(C)CC(O)C(O)C(CO)(CO)C4CCC3(C)C1(C)CC2O. The number of fused-ring (bicyclic) bond motifs is 7. The van der Waals surface area contributed by atoms with Gasteiger partial charge < -0.3 is 30.3 Å². The molecule has 0 heterocycles. The average Bonchev–Trinajstić information content (AvgIpc) is 2.85. The number of aliphatic hydroxyl groups is 5. The summed E-state index contributed by atoms with van der Waals surface area (Å²) in [5.74, 6) is -0.409. The molecule has 0 aliphatic heterocycles. The van der Waals surface area contributed by atoms with Gasteiger partial charge in [-0.2, -0.15) is 0 Å². The van der Waals surface area contributed by atoms with Gasteiger partial charge in [-0.25, -0.2) is 0 Å². The van der Waals surface area contributed by atoms with Gasteiger partial charge in [0.25, 0.3) is 0 Å². The standard InChI is InChI=1S/C31H50O7/c1-26(2)11-12-31(25(37)38-6)19(13-26)18-7-8-21-27(3)14-20(34)24(36)30(16-32,17-33)22(27)9-10-28(21,4)29(18,5)15-23(31)35/h7,19-24,32-36H,8-17H2,1-6H3. The topological polar surface area (TPSA) is 127 Å². The zero-order chi connectivity index (χ0) is 28.1. The summed E-state index contributed by atoms with van der Waals surface area (Å²) >= 11 is 0. The van der Waals surface area contributed by atoms with Crippen molar-refractivity contribution >= 4 is 5.97 Å². The quantitative estimate of drug-likeness (QED) is 0.278. The summed E-state index contributed by atoms with van der Waals surface area (Å²) in [4.78, 5) is 13.4. The van der Waals surface area contributed by atoms with Crippen molar-refractivity contribution in [3.05, 3.63) is 11.6 Å². The van der Waals surface area contributed by atoms with Crippen molar-refractivity contribution in [3.63, 3.8) is 0 Å². The maximum Gasteiger partial charge on any atom is 0.315 e. The Balaban J connectivity index is 1.64. The summed E-state index contributed by atoms with van der Waals surface area (Å²) in [7, 11) is 1.43. The van der Waals surface area contributed by atoms with E-state index < -0.39 is 34.6 Å². The van der Waals surface area contributed by atoms with Crippen LogP contribution in [0.1, 0.15) is 86.0 Å².